The van der Waals surface area contributed by atoms with Crippen LogP contribution in [-0.2, 0) is 13.5 Å². The number of hydrogen-bond acceptors (Lipinski definition) is 3. The van der Waals surface area contributed by atoms with Gasteiger partial charge < -0.3 is 5.32 Å². The standard InChI is InChI=1S/C9H15ClN4/c1-14-8-12-9(13-14)4-7-11-6-3-2-5-10/h2-3,8,11H,4-7H2,1H3/b3-2+. The van der Waals surface area contributed by atoms with Crippen LogP contribution in [0, 0.1) is 0 Å². The average molecular weight is 215 g/mol. The Morgan fingerprint density at radius 2 is 2.43 bits per heavy atom. The zero-order valence-corrected chi connectivity index (χ0v) is 9.04. The molecule has 0 saturated heterocycles. The summed E-state index contributed by atoms with van der Waals surface area (Å²) >= 11 is 5.48. The molecule has 0 aromatic carbocycles. The van der Waals surface area contributed by atoms with Gasteiger partial charge in [0.1, 0.15) is 6.33 Å². The highest BCUT2D eigenvalue weighted by atomic mass is 35.5. The summed E-state index contributed by atoms with van der Waals surface area (Å²) in [5.74, 6) is 1.45. The summed E-state index contributed by atoms with van der Waals surface area (Å²) in [4.78, 5) is 4.12. The first-order valence-corrected chi connectivity index (χ1v) is 5.12. The van der Waals surface area contributed by atoms with E-state index in [1.165, 1.54) is 0 Å². The molecule has 0 amide bonds. The first-order valence-electron chi connectivity index (χ1n) is 4.59. The first kappa shape index (κ1) is 11.2. The van der Waals surface area contributed by atoms with Gasteiger partial charge in [-0.2, -0.15) is 5.10 Å². The minimum absolute atomic E-state index is 0.573. The Kier molecular flexibility index (Phi) is 5.25. The van der Waals surface area contributed by atoms with E-state index in [9.17, 15) is 0 Å². The Labute approximate surface area is 89.0 Å². The predicted molar refractivity (Wildman–Crippen MR) is 57.4 cm³/mol. The van der Waals surface area contributed by atoms with Gasteiger partial charge in [-0.15, -0.1) is 11.6 Å². The average Bonchev–Trinajstić information content (AvgIpc) is 2.58. The van der Waals surface area contributed by atoms with Gasteiger partial charge in [0.05, 0.1) is 0 Å². The van der Waals surface area contributed by atoms with Crippen LogP contribution in [0.15, 0.2) is 18.5 Å². The molecule has 4 nitrogen and oxygen atoms in total. The molecule has 0 saturated carbocycles. The van der Waals surface area contributed by atoms with Crippen LogP contribution in [-0.4, -0.2) is 33.7 Å². The summed E-state index contributed by atoms with van der Waals surface area (Å²) in [6.45, 7) is 1.73. The largest absolute Gasteiger partial charge is 0.313 e. The number of allylic oxidation sites excluding steroid dienone is 1. The number of hydrogen-bond donors (Lipinski definition) is 1. The quantitative estimate of drug-likeness (QED) is 0.432. The maximum absolute atomic E-state index is 5.48. The number of alkyl halides is 1. The van der Waals surface area contributed by atoms with Crippen molar-refractivity contribution in [3.05, 3.63) is 24.3 Å². The SMILES string of the molecule is Cn1cnc(CCNC/C=C/CCl)n1. The van der Waals surface area contributed by atoms with Gasteiger partial charge >= 0.3 is 0 Å². The van der Waals surface area contributed by atoms with Gasteiger partial charge in [-0.1, -0.05) is 12.2 Å². The number of aryl methyl sites for hydroxylation is 1. The Hall–Kier alpha value is -0.870. The minimum atomic E-state index is 0.573. The van der Waals surface area contributed by atoms with E-state index >= 15 is 0 Å². The molecule has 1 rings (SSSR count). The van der Waals surface area contributed by atoms with Crippen LogP contribution < -0.4 is 5.32 Å². The second kappa shape index (κ2) is 6.56. The summed E-state index contributed by atoms with van der Waals surface area (Å²) in [7, 11) is 1.87. The molecule has 1 N–H and O–H groups in total. The lowest BCUT2D eigenvalue weighted by atomic mass is 10.4. The summed E-state index contributed by atoms with van der Waals surface area (Å²) < 4.78 is 1.71. The third kappa shape index (κ3) is 4.39. The fourth-order valence-electron chi connectivity index (χ4n) is 1.03. The van der Waals surface area contributed by atoms with Crippen molar-refractivity contribution in [3.63, 3.8) is 0 Å². The van der Waals surface area contributed by atoms with Gasteiger partial charge in [-0.3, -0.25) is 4.68 Å². The van der Waals surface area contributed by atoms with Crippen molar-refractivity contribution in [2.75, 3.05) is 19.0 Å². The molecule has 0 aliphatic heterocycles. The fraction of sp³-hybridized carbons (Fsp3) is 0.556. The number of aromatic nitrogens is 3. The van der Waals surface area contributed by atoms with Gasteiger partial charge in [-0.05, 0) is 0 Å². The van der Waals surface area contributed by atoms with Crippen molar-refractivity contribution in [3.8, 4) is 0 Å². The molecular weight excluding hydrogens is 200 g/mol. The Balaban J connectivity index is 2.07. The van der Waals surface area contributed by atoms with Crippen LogP contribution in [0.3, 0.4) is 0 Å². The van der Waals surface area contributed by atoms with E-state index < -0.39 is 0 Å². The molecular formula is C9H15ClN4. The molecule has 0 atom stereocenters. The van der Waals surface area contributed by atoms with Crippen molar-refractivity contribution in [1.82, 2.24) is 20.1 Å². The van der Waals surface area contributed by atoms with E-state index in [-0.39, 0.29) is 0 Å². The molecule has 0 bridgehead atoms. The smallest absolute Gasteiger partial charge is 0.151 e. The zero-order valence-electron chi connectivity index (χ0n) is 8.28. The van der Waals surface area contributed by atoms with Crippen LogP contribution >= 0.6 is 11.6 Å². The number of halogens is 1. The van der Waals surface area contributed by atoms with Gasteiger partial charge in [0.15, 0.2) is 5.82 Å². The van der Waals surface area contributed by atoms with Crippen molar-refractivity contribution in [1.29, 1.82) is 0 Å². The molecule has 1 heterocycles. The molecule has 0 unspecified atom stereocenters. The monoisotopic (exact) mass is 214 g/mol. The summed E-state index contributed by atoms with van der Waals surface area (Å²) in [5.41, 5.74) is 0. The highest BCUT2D eigenvalue weighted by Gasteiger charge is 1.96. The molecule has 0 fully saturated rings. The third-order valence-corrected chi connectivity index (χ3v) is 1.87. The van der Waals surface area contributed by atoms with Gasteiger partial charge in [-0.25, -0.2) is 4.98 Å². The highest BCUT2D eigenvalue weighted by Crippen LogP contribution is 1.87. The van der Waals surface area contributed by atoms with Gasteiger partial charge in [0.25, 0.3) is 0 Å². The second-order valence-corrected chi connectivity index (χ2v) is 3.22. The van der Waals surface area contributed by atoms with E-state index in [2.05, 4.69) is 15.4 Å². The summed E-state index contributed by atoms with van der Waals surface area (Å²) in [6, 6.07) is 0. The molecule has 1 aromatic heterocycles. The summed E-state index contributed by atoms with van der Waals surface area (Å²) in [6.07, 6.45) is 6.50. The van der Waals surface area contributed by atoms with Crippen molar-refractivity contribution in [2.24, 2.45) is 7.05 Å². The van der Waals surface area contributed by atoms with Crippen molar-refractivity contribution < 1.29 is 0 Å². The zero-order chi connectivity index (χ0) is 10.2. The molecule has 1 aromatic rings. The number of nitrogens with zero attached hydrogens (tertiary/aromatic N) is 3. The molecule has 14 heavy (non-hydrogen) atoms. The predicted octanol–water partition coefficient (Wildman–Crippen LogP) is 0.742. The van der Waals surface area contributed by atoms with Crippen LogP contribution in [0.25, 0.3) is 0 Å². The minimum Gasteiger partial charge on any atom is -0.313 e. The Morgan fingerprint density at radius 1 is 1.57 bits per heavy atom. The molecule has 0 radical (unpaired) electrons. The fourth-order valence-corrected chi connectivity index (χ4v) is 1.16. The van der Waals surface area contributed by atoms with E-state index in [0.717, 1.165) is 25.3 Å². The van der Waals surface area contributed by atoms with Crippen LogP contribution in [0.2, 0.25) is 0 Å². The van der Waals surface area contributed by atoms with Crippen LogP contribution in [0.1, 0.15) is 5.82 Å². The van der Waals surface area contributed by atoms with Crippen LogP contribution in [0.5, 0.6) is 0 Å². The highest BCUT2D eigenvalue weighted by molar-refractivity contribution is 6.18. The second-order valence-electron chi connectivity index (χ2n) is 2.91. The third-order valence-electron chi connectivity index (χ3n) is 1.69. The normalized spacial score (nSPS) is 11.3. The van der Waals surface area contributed by atoms with Crippen LogP contribution in [0.4, 0.5) is 0 Å². The number of nitrogens with one attached hydrogen (secondary N) is 1. The molecule has 0 aliphatic carbocycles. The summed E-state index contributed by atoms with van der Waals surface area (Å²) in [5, 5.41) is 7.41. The Bertz CT molecular complexity index is 282. The topological polar surface area (TPSA) is 42.7 Å². The van der Waals surface area contributed by atoms with E-state index in [4.69, 9.17) is 11.6 Å². The lowest BCUT2D eigenvalue weighted by Gasteiger charge is -1.97. The van der Waals surface area contributed by atoms with Crippen molar-refractivity contribution >= 4 is 11.6 Å². The van der Waals surface area contributed by atoms with E-state index in [1.807, 2.05) is 19.2 Å². The number of rotatable bonds is 6. The maximum Gasteiger partial charge on any atom is 0.151 e. The Morgan fingerprint density at radius 3 is 3.07 bits per heavy atom. The molecule has 78 valence electrons. The molecule has 5 heteroatoms. The molecule has 0 spiro atoms. The van der Waals surface area contributed by atoms with Gasteiger partial charge in [0, 0.05) is 32.4 Å². The van der Waals surface area contributed by atoms with Crippen molar-refractivity contribution in [2.45, 2.75) is 6.42 Å². The lowest BCUT2D eigenvalue weighted by Crippen LogP contribution is -2.17. The maximum atomic E-state index is 5.48. The lowest BCUT2D eigenvalue weighted by molar-refractivity contribution is 0.696. The van der Waals surface area contributed by atoms with E-state index in [1.54, 1.807) is 11.0 Å². The first-order chi connectivity index (χ1) is 6.83. The molecule has 0 aliphatic rings. The van der Waals surface area contributed by atoms with Gasteiger partial charge in [0.2, 0.25) is 0 Å². The van der Waals surface area contributed by atoms with E-state index in [0.29, 0.717) is 5.88 Å².